The minimum absolute atomic E-state index is 0.00950. The van der Waals surface area contributed by atoms with Gasteiger partial charge in [-0.2, -0.15) is 13.2 Å². The number of anilines is 1. The van der Waals surface area contributed by atoms with E-state index in [9.17, 15) is 27.9 Å². The number of carboxylic acid groups (broad SMARTS) is 1. The van der Waals surface area contributed by atoms with Gasteiger partial charge < -0.3 is 9.84 Å². The SMILES string of the molecule is CCOC(=O)C(=Nc1cc(Cl)ccc1C(=O)O)NNc1cccc(C(F)(F)F)c1. The highest BCUT2D eigenvalue weighted by molar-refractivity contribution is 6.36. The number of nitrogens with zero attached hydrogens (tertiary/aromatic N) is 1. The van der Waals surface area contributed by atoms with Crippen molar-refractivity contribution in [1.29, 1.82) is 0 Å². The van der Waals surface area contributed by atoms with Gasteiger partial charge in [0.2, 0.25) is 5.84 Å². The molecule has 0 amide bonds. The zero-order chi connectivity index (χ0) is 21.6. The Morgan fingerprint density at radius 3 is 2.55 bits per heavy atom. The van der Waals surface area contributed by atoms with E-state index in [1.807, 2.05) is 0 Å². The van der Waals surface area contributed by atoms with Crippen molar-refractivity contribution in [2.75, 3.05) is 12.0 Å². The summed E-state index contributed by atoms with van der Waals surface area (Å²) in [5.41, 5.74) is 3.47. The summed E-state index contributed by atoms with van der Waals surface area (Å²) in [5.74, 6) is -2.74. The van der Waals surface area contributed by atoms with Crippen molar-refractivity contribution in [3.05, 3.63) is 58.6 Å². The Hall–Kier alpha value is -3.27. The lowest BCUT2D eigenvalue weighted by atomic mass is 10.2. The minimum atomic E-state index is -4.55. The summed E-state index contributed by atoms with van der Waals surface area (Å²) in [4.78, 5) is 27.4. The molecule has 2 aromatic carbocycles. The highest BCUT2D eigenvalue weighted by atomic mass is 35.5. The minimum Gasteiger partial charge on any atom is -0.478 e. The highest BCUT2D eigenvalue weighted by Crippen LogP contribution is 2.30. The maximum atomic E-state index is 12.8. The monoisotopic (exact) mass is 429 g/mol. The predicted octanol–water partition coefficient (Wildman–Crippen LogP) is 4.27. The summed E-state index contributed by atoms with van der Waals surface area (Å²) >= 11 is 5.86. The van der Waals surface area contributed by atoms with Gasteiger partial charge in [0.05, 0.1) is 29.1 Å². The number of alkyl halides is 3. The zero-order valence-electron chi connectivity index (χ0n) is 14.9. The number of halogens is 4. The van der Waals surface area contributed by atoms with Crippen molar-refractivity contribution in [3.63, 3.8) is 0 Å². The first kappa shape index (κ1) is 22.0. The van der Waals surface area contributed by atoms with Gasteiger partial charge in [0.1, 0.15) is 0 Å². The van der Waals surface area contributed by atoms with E-state index in [4.69, 9.17) is 16.3 Å². The number of ether oxygens (including phenoxy) is 1. The van der Waals surface area contributed by atoms with Crippen LogP contribution in [0.1, 0.15) is 22.8 Å². The topological polar surface area (TPSA) is 100 Å². The fourth-order valence-corrected chi connectivity index (χ4v) is 2.29. The van der Waals surface area contributed by atoms with Crippen LogP contribution in [-0.2, 0) is 15.7 Å². The number of carbonyl (C=O) groups is 2. The average molecular weight is 430 g/mol. The maximum absolute atomic E-state index is 12.8. The Labute approximate surface area is 168 Å². The molecule has 0 aliphatic carbocycles. The summed E-state index contributed by atoms with van der Waals surface area (Å²) in [5, 5.41) is 9.42. The fraction of sp³-hybridized carbons (Fsp3) is 0.167. The van der Waals surface area contributed by atoms with Crippen molar-refractivity contribution in [2.45, 2.75) is 13.1 Å². The van der Waals surface area contributed by atoms with Gasteiger partial charge in [0, 0.05) is 5.02 Å². The number of rotatable bonds is 5. The number of carboxylic acids is 1. The van der Waals surface area contributed by atoms with E-state index in [1.165, 1.54) is 37.3 Å². The van der Waals surface area contributed by atoms with Gasteiger partial charge in [-0.25, -0.2) is 14.6 Å². The van der Waals surface area contributed by atoms with Gasteiger partial charge in [0.15, 0.2) is 0 Å². The van der Waals surface area contributed by atoms with E-state index < -0.39 is 29.5 Å². The van der Waals surface area contributed by atoms with Crippen molar-refractivity contribution in [3.8, 4) is 0 Å². The largest absolute Gasteiger partial charge is 0.478 e. The van der Waals surface area contributed by atoms with Crippen LogP contribution in [0, 0.1) is 0 Å². The van der Waals surface area contributed by atoms with Crippen molar-refractivity contribution < 1.29 is 32.6 Å². The summed E-state index contributed by atoms with van der Waals surface area (Å²) in [6.45, 7) is 1.53. The molecule has 0 heterocycles. The zero-order valence-corrected chi connectivity index (χ0v) is 15.6. The lowest BCUT2D eigenvalue weighted by molar-refractivity contribution is -0.137. The van der Waals surface area contributed by atoms with Crippen LogP contribution in [0.4, 0.5) is 24.5 Å². The van der Waals surface area contributed by atoms with Crippen LogP contribution in [0.5, 0.6) is 0 Å². The number of hydrazine groups is 1. The predicted molar refractivity (Wildman–Crippen MR) is 100 cm³/mol. The number of carbonyl (C=O) groups excluding carboxylic acids is 1. The third-order valence-corrected chi connectivity index (χ3v) is 3.64. The molecular formula is C18H15ClF3N3O4. The Morgan fingerprint density at radius 1 is 1.21 bits per heavy atom. The van der Waals surface area contributed by atoms with Gasteiger partial charge in [-0.1, -0.05) is 17.7 Å². The number of benzene rings is 2. The molecule has 0 spiro atoms. The summed E-state index contributed by atoms with van der Waals surface area (Å²) in [6, 6.07) is 7.96. The first-order valence-electron chi connectivity index (χ1n) is 8.09. The second-order valence-corrected chi connectivity index (χ2v) is 5.91. The van der Waals surface area contributed by atoms with Gasteiger partial charge >= 0.3 is 18.1 Å². The molecule has 0 bridgehead atoms. The smallest absolute Gasteiger partial charge is 0.416 e. The molecule has 0 aromatic heterocycles. The van der Waals surface area contributed by atoms with Crippen LogP contribution in [0.15, 0.2) is 47.5 Å². The third-order valence-electron chi connectivity index (χ3n) is 3.41. The fourth-order valence-electron chi connectivity index (χ4n) is 2.13. The Balaban J connectivity index is 2.36. The summed E-state index contributed by atoms with van der Waals surface area (Å²) in [6.07, 6.45) is -4.55. The second-order valence-electron chi connectivity index (χ2n) is 5.48. The molecule has 0 saturated heterocycles. The molecule has 0 aliphatic rings. The summed E-state index contributed by atoms with van der Waals surface area (Å²) in [7, 11) is 0. The van der Waals surface area contributed by atoms with Gasteiger partial charge in [-0.3, -0.25) is 10.9 Å². The number of hydrogen-bond donors (Lipinski definition) is 3. The number of esters is 1. The first-order chi connectivity index (χ1) is 13.6. The molecule has 11 heteroatoms. The lowest BCUT2D eigenvalue weighted by Gasteiger charge is -2.14. The number of nitrogens with one attached hydrogen (secondary N) is 2. The maximum Gasteiger partial charge on any atom is 0.416 e. The van der Waals surface area contributed by atoms with E-state index in [1.54, 1.807) is 0 Å². The number of aliphatic imine (C=N–C) groups is 1. The molecule has 0 radical (unpaired) electrons. The number of aromatic carboxylic acids is 1. The van der Waals surface area contributed by atoms with Crippen LogP contribution >= 0.6 is 11.6 Å². The Kier molecular flexibility index (Phi) is 7.05. The van der Waals surface area contributed by atoms with E-state index in [2.05, 4.69) is 15.8 Å². The van der Waals surface area contributed by atoms with Crippen molar-refractivity contribution in [2.24, 2.45) is 4.99 Å². The molecule has 0 fully saturated rings. The van der Waals surface area contributed by atoms with Crippen LogP contribution in [-0.4, -0.2) is 29.5 Å². The molecule has 0 atom stereocenters. The molecule has 7 nitrogen and oxygen atoms in total. The number of amidine groups is 1. The Morgan fingerprint density at radius 2 is 1.93 bits per heavy atom. The van der Waals surface area contributed by atoms with Crippen LogP contribution in [0.3, 0.4) is 0 Å². The average Bonchev–Trinajstić information content (AvgIpc) is 2.64. The second kappa shape index (κ2) is 9.28. The van der Waals surface area contributed by atoms with Crippen molar-refractivity contribution in [1.82, 2.24) is 5.43 Å². The van der Waals surface area contributed by atoms with Crippen molar-refractivity contribution >= 4 is 40.7 Å². The first-order valence-corrected chi connectivity index (χ1v) is 8.47. The molecular weight excluding hydrogens is 415 g/mol. The highest BCUT2D eigenvalue weighted by Gasteiger charge is 2.30. The lowest BCUT2D eigenvalue weighted by Crippen LogP contribution is -2.37. The molecule has 2 rings (SSSR count). The third kappa shape index (κ3) is 6.11. The summed E-state index contributed by atoms with van der Waals surface area (Å²) < 4.78 is 43.3. The molecule has 3 N–H and O–H groups in total. The van der Waals surface area contributed by atoms with Crippen LogP contribution in [0.2, 0.25) is 5.02 Å². The van der Waals surface area contributed by atoms with Crippen LogP contribution in [0.25, 0.3) is 0 Å². The normalized spacial score (nSPS) is 11.7. The quantitative estimate of drug-likeness (QED) is 0.284. The van der Waals surface area contributed by atoms with Gasteiger partial charge in [-0.15, -0.1) is 0 Å². The van der Waals surface area contributed by atoms with E-state index in [0.717, 1.165) is 12.1 Å². The van der Waals surface area contributed by atoms with E-state index >= 15 is 0 Å². The van der Waals surface area contributed by atoms with Crippen LogP contribution < -0.4 is 10.9 Å². The molecule has 0 saturated carbocycles. The molecule has 154 valence electrons. The molecule has 29 heavy (non-hydrogen) atoms. The molecule has 0 aliphatic heterocycles. The standard InChI is InChI=1S/C18H15ClF3N3O4/c1-2-29-17(28)15(23-14-9-11(19)6-7-13(14)16(26)27)25-24-12-5-3-4-10(8-12)18(20,21)22/h3-9,24H,2H2,1H3,(H,23,25)(H,26,27). The van der Waals surface area contributed by atoms with E-state index in [-0.39, 0.29) is 28.6 Å². The molecule has 2 aromatic rings. The molecule has 0 unspecified atom stereocenters. The van der Waals surface area contributed by atoms with Gasteiger partial charge in [0.25, 0.3) is 0 Å². The number of hydrogen-bond acceptors (Lipinski definition) is 5. The van der Waals surface area contributed by atoms with E-state index in [0.29, 0.717) is 0 Å². The van der Waals surface area contributed by atoms with Gasteiger partial charge in [-0.05, 0) is 43.3 Å². The Bertz CT molecular complexity index is 948.